The van der Waals surface area contributed by atoms with E-state index in [1.54, 1.807) is 0 Å². The Morgan fingerprint density at radius 3 is 1.76 bits per heavy atom. The fraction of sp³-hybridized carbons (Fsp3) is 0.107. The first-order chi connectivity index (χ1) is 29.1. The average Bonchev–Trinajstić information content (AvgIpc) is 3.31. The highest BCUT2D eigenvalue weighted by Gasteiger charge is 2.19. The molecule has 0 N–H and O–H groups in total. The Bertz CT molecular complexity index is 2510. The van der Waals surface area contributed by atoms with Gasteiger partial charge in [-0.25, -0.2) is 9.97 Å². The fourth-order valence-electron chi connectivity index (χ4n) is 7.41. The van der Waals surface area contributed by atoms with Gasteiger partial charge in [-0.05, 0) is 65.8 Å². The van der Waals surface area contributed by atoms with Crippen LogP contribution in [0.25, 0.3) is 51.1 Å². The molecule has 0 radical (unpaired) electrons. The van der Waals surface area contributed by atoms with Gasteiger partial charge in [-0.2, -0.15) is 0 Å². The van der Waals surface area contributed by atoms with Gasteiger partial charge in [-0.3, -0.25) is 0 Å². The minimum absolute atomic E-state index is 0.305. The van der Waals surface area contributed by atoms with Crippen molar-refractivity contribution in [3.05, 3.63) is 241 Å². The fourth-order valence-corrected chi connectivity index (χ4v) is 7.41. The number of anilines is 1. The van der Waals surface area contributed by atoms with Crippen LogP contribution in [0.1, 0.15) is 61.8 Å². The molecule has 7 aromatic rings. The molecular formula is C56H51N3. The predicted molar refractivity (Wildman–Crippen MR) is 252 cm³/mol. The molecule has 0 spiro atoms. The summed E-state index contributed by atoms with van der Waals surface area (Å²) in [6.45, 7) is 10.8. The minimum Gasteiger partial charge on any atom is -0.317 e. The molecule has 6 aromatic carbocycles. The SMILES string of the molecule is C=C(/C=C\C=C\c1ccc(-c2nc(-c3ccccc3)cc(-c3ccccc3)n2)cc1)N1/C=C(\c2ccccc2)CCC(c2ccccc2)/C=C(\C)c2ccccc21.CC. The number of nitrogens with zero attached hydrogens (tertiary/aromatic N) is 3. The Morgan fingerprint density at radius 1 is 0.610 bits per heavy atom. The number of benzene rings is 6. The summed E-state index contributed by atoms with van der Waals surface area (Å²) < 4.78 is 0. The van der Waals surface area contributed by atoms with E-state index in [9.17, 15) is 0 Å². The Labute approximate surface area is 350 Å². The van der Waals surface area contributed by atoms with Crippen molar-refractivity contribution < 1.29 is 0 Å². The van der Waals surface area contributed by atoms with Crippen molar-refractivity contribution in [2.45, 2.75) is 39.5 Å². The number of fused-ring (bicyclic) bond motifs is 1. The van der Waals surface area contributed by atoms with E-state index in [-0.39, 0.29) is 0 Å². The van der Waals surface area contributed by atoms with Gasteiger partial charge in [-0.1, -0.05) is 209 Å². The van der Waals surface area contributed by atoms with E-state index in [0.29, 0.717) is 11.7 Å². The standard InChI is InChI=1S/C54H45N3.C2H6/c1-40-37-48(43-21-7-3-8-22-43)35-36-49(44-23-9-4-10-24-44)39-57(53-30-18-17-29-50(40)53)41(2)19-15-16-20-42-31-33-47(34-32-42)54-55-51(45-25-11-5-12-26-45)38-52(56-54)46-27-13-6-14-28-46;1-2/h3-34,37-39,48H,2,35-36H2,1H3;1-2H3/b19-15-,20-16+,40-37+,49-39-;. The molecule has 1 aliphatic rings. The second kappa shape index (κ2) is 19.9. The van der Waals surface area contributed by atoms with Crippen LogP contribution in [-0.4, -0.2) is 9.97 Å². The molecule has 0 saturated heterocycles. The molecule has 2 heterocycles. The topological polar surface area (TPSA) is 29.0 Å². The lowest BCUT2D eigenvalue weighted by molar-refractivity contribution is 0.757. The molecule has 1 aliphatic heterocycles. The molecule has 59 heavy (non-hydrogen) atoms. The third-order valence-electron chi connectivity index (χ3n) is 10.5. The van der Waals surface area contributed by atoms with Gasteiger partial charge in [0.25, 0.3) is 0 Å². The van der Waals surface area contributed by atoms with E-state index in [1.807, 2.05) is 50.2 Å². The third kappa shape index (κ3) is 10.1. The van der Waals surface area contributed by atoms with Crippen molar-refractivity contribution in [3.8, 4) is 33.9 Å². The van der Waals surface area contributed by atoms with Crippen LogP contribution < -0.4 is 4.90 Å². The highest BCUT2D eigenvalue weighted by Crippen LogP contribution is 2.38. The van der Waals surface area contributed by atoms with Crippen molar-refractivity contribution in [2.75, 3.05) is 4.90 Å². The van der Waals surface area contributed by atoms with Crippen molar-refractivity contribution in [2.24, 2.45) is 0 Å². The lowest BCUT2D eigenvalue weighted by atomic mass is 9.87. The number of allylic oxidation sites excluding steroid dienone is 6. The van der Waals surface area contributed by atoms with Gasteiger partial charge in [0.05, 0.1) is 17.1 Å². The summed E-state index contributed by atoms with van der Waals surface area (Å²) in [5.74, 6) is 1.00. The van der Waals surface area contributed by atoms with Crippen molar-refractivity contribution in [1.29, 1.82) is 0 Å². The smallest absolute Gasteiger partial charge is 0.160 e. The molecule has 290 valence electrons. The highest BCUT2D eigenvalue weighted by molar-refractivity contribution is 5.82. The first-order valence-corrected chi connectivity index (χ1v) is 20.6. The summed E-state index contributed by atoms with van der Waals surface area (Å²) in [5.41, 5.74) is 14.3. The van der Waals surface area contributed by atoms with Crippen molar-refractivity contribution >= 4 is 22.9 Å². The van der Waals surface area contributed by atoms with Crippen LogP contribution in [0.5, 0.6) is 0 Å². The van der Waals surface area contributed by atoms with Gasteiger partial charge >= 0.3 is 0 Å². The maximum atomic E-state index is 4.99. The first kappa shape index (κ1) is 40.1. The second-order valence-corrected chi connectivity index (χ2v) is 14.3. The summed E-state index contributed by atoms with van der Waals surface area (Å²) in [6, 6.07) is 61.3. The van der Waals surface area contributed by atoms with E-state index in [4.69, 9.17) is 9.97 Å². The minimum atomic E-state index is 0.305. The molecule has 0 saturated carbocycles. The van der Waals surface area contributed by atoms with E-state index in [2.05, 4.69) is 195 Å². The molecule has 1 atom stereocenters. The summed E-state index contributed by atoms with van der Waals surface area (Å²) in [7, 11) is 0. The summed E-state index contributed by atoms with van der Waals surface area (Å²) in [4.78, 5) is 12.2. The molecule has 1 unspecified atom stereocenters. The Balaban J connectivity index is 0.00000260. The lowest BCUT2D eigenvalue weighted by Gasteiger charge is -2.28. The zero-order valence-corrected chi connectivity index (χ0v) is 34.2. The molecule has 3 nitrogen and oxygen atoms in total. The summed E-state index contributed by atoms with van der Waals surface area (Å²) >= 11 is 0. The Hall–Kier alpha value is -7.10. The van der Waals surface area contributed by atoms with E-state index >= 15 is 0 Å². The normalized spacial score (nSPS) is 15.9. The molecule has 0 fully saturated rings. The maximum Gasteiger partial charge on any atom is 0.160 e. The molecular weight excluding hydrogens is 715 g/mol. The number of aromatic nitrogens is 2. The van der Waals surface area contributed by atoms with Crippen LogP contribution in [0.3, 0.4) is 0 Å². The Morgan fingerprint density at radius 2 is 1.15 bits per heavy atom. The van der Waals surface area contributed by atoms with Crippen LogP contribution in [-0.2, 0) is 0 Å². The van der Waals surface area contributed by atoms with E-state index in [1.165, 1.54) is 27.8 Å². The Kier molecular flexibility index (Phi) is 13.5. The third-order valence-corrected chi connectivity index (χ3v) is 10.5. The highest BCUT2D eigenvalue weighted by atomic mass is 15.1. The van der Waals surface area contributed by atoms with Crippen LogP contribution in [0.15, 0.2) is 219 Å². The van der Waals surface area contributed by atoms with Crippen LogP contribution >= 0.6 is 0 Å². The number of para-hydroxylation sites is 1. The van der Waals surface area contributed by atoms with Gasteiger partial charge in [0.2, 0.25) is 0 Å². The molecule has 1 aromatic heterocycles. The number of rotatable bonds is 9. The monoisotopic (exact) mass is 765 g/mol. The molecule has 8 rings (SSSR count). The molecule has 3 heteroatoms. The van der Waals surface area contributed by atoms with Gasteiger partial charge in [0.15, 0.2) is 5.82 Å². The average molecular weight is 766 g/mol. The molecule has 0 bridgehead atoms. The van der Waals surface area contributed by atoms with Gasteiger partial charge < -0.3 is 4.90 Å². The van der Waals surface area contributed by atoms with Crippen molar-refractivity contribution in [3.63, 3.8) is 0 Å². The summed E-state index contributed by atoms with van der Waals surface area (Å²) in [6.07, 6.45) is 15.0. The van der Waals surface area contributed by atoms with E-state index in [0.717, 1.165) is 57.9 Å². The van der Waals surface area contributed by atoms with E-state index < -0.39 is 0 Å². The van der Waals surface area contributed by atoms with Crippen molar-refractivity contribution in [1.82, 2.24) is 9.97 Å². The molecule has 0 amide bonds. The second-order valence-electron chi connectivity index (χ2n) is 14.3. The van der Waals surface area contributed by atoms with Gasteiger partial charge in [-0.15, -0.1) is 0 Å². The number of hydrogen-bond donors (Lipinski definition) is 0. The largest absolute Gasteiger partial charge is 0.317 e. The number of hydrogen-bond acceptors (Lipinski definition) is 3. The lowest BCUT2D eigenvalue weighted by Crippen LogP contribution is -2.16. The van der Waals surface area contributed by atoms with Crippen LogP contribution in [0, 0.1) is 0 Å². The zero-order valence-electron chi connectivity index (χ0n) is 34.2. The maximum absolute atomic E-state index is 4.99. The van der Waals surface area contributed by atoms with Gasteiger partial charge in [0.1, 0.15) is 0 Å². The first-order valence-electron chi connectivity index (χ1n) is 20.6. The molecule has 0 aliphatic carbocycles. The predicted octanol–water partition coefficient (Wildman–Crippen LogP) is 15.1. The zero-order chi connectivity index (χ0) is 40.8. The quantitative estimate of drug-likeness (QED) is 0.137. The summed E-state index contributed by atoms with van der Waals surface area (Å²) in [5, 5.41) is 0. The van der Waals surface area contributed by atoms with Crippen LogP contribution in [0.2, 0.25) is 0 Å². The van der Waals surface area contributed by atoms with Crippen LogP contribution in [0.4, 0.5) is 5.69 Å². The van der Waals surface area contributed by atoms with Gasteiger partial charge in [0, 0.05) is 40.1 Å².